The number of halogens is 1. The van der Waals surface area contributed by atoms with E-state index in [4.69, 9.17) is 21.1 Å². The molecule has 32 heavy (non-hydrogen) atoms. The molecule has 0 aliphatic carbocycles. The quantitative estimate of drug-likeness (QED) is 0.169. The topological polar surface area (TPSA) is 81.7 Å². The van der Waals surface area contributed by atoms with E-state index in [-0.39, 0.29) is 17.3 Å². The minimum absolute atomic E-state index is 0.192. The zero-order valence-corrected chi connectivity index (χ0v) is 20.5. The van der Waals surface area contributed by atoms with E-state index in [0.717, 1.165) is 19.3 Å². The molecular weight excluding hydrogens is 430 g/mol. The second kappa shape index (κ2) is 16.5. The van der Waals surface area contributed by atoms with Gasteiger partial charge in [-0.15, -0.1) is 0 Å². The Bertz CT molecular complexity index is 722. The summed E-state index contributed by atoms with van der Waals surface area (Å²) in [6.07, 6.45) is 12.1. The van der Waals surface area contributed by atoms with Crippen molar-refractivity contribution in [1.82, 2.24) is 0 Å². The zero-order valence-electron chi connectivity index (χ0n) is 19.7. The molecule has 6 nitrogen and oxygen atoms in total. The Labute approximate surface area is 197 Å². The van der Waals surface area contributed by atoms with Gasteiger partial charge in [-0.2, -0.15) is 0 Å². The average molecular weight is 468 g/mol. The summed E-state index contributed by atoms with van der Waals surface area (Å²) in [5.74, 6) is -2.63. The molecule has 1 atom stereocenters. The van der Waals surface area contributed by atoms with Crippen LogP contribution < -0.4 is 5.32 Å². The van der Waals surface area contributed by atoms with Crippen molar-refractivity contribution in [2.45, 2.75) is 85.0 Å². The van der Waals surface area contributed by atoms with Crippen molar-refractivity contribution in [3.05, 3.63) is 28.8 Å². The van der Waals surface area contributed by atoms with Crippen molar-refractivity contribution < 1.29 is 23.9 Å². The lowest BCUT2D eigenvalue weighted by Crippen LogP contribution is -2.29. The molecule has 1 unspecified atom stereocenters. The molecule has 0 saturated carbocycles. The third-order valence-corrected chi connectivity index (χ3v) is 5.55. The van der Waals surface area contributed by atoms with Crippen LogP contribution in [0.3, 0.4) is 0 Å². The molecule has 0 aliphatic rings. The molecule has 0 fully saturated rings. The maximum atomic E-state index is 12.3. The highest BCUT2D eigenvalue weighted by Gasteiger charge is 2.23. The predicted octanol–water partition coefficient (Wildman–Crippen LogP) is 6.56. The fourth-order valence-corrected chi connectivity index (χ4v) is 3.37. The number of carbonyl (C=O) groups excluding carboxylic acids is 3. The van der Waals surface area contributed by atoms with Crippen molar-refractivity contribution in [1.29, 1.82) is 0 Å². The maximum absolute atomic E-state index is 12.3. The van der Waals surface area contributed by atoms with E-state index in [1.54, 1.807) is 13.0 Å². The molecule has 1 amide bonds. The van der Waals surface area contributed by atoms with Crippen LogP contribution in [0.1, 0.15) is 95.3 Å². The summed E-state index contributed by atoms with van der Waals surface area (Å²) in [6, 6.07) is 4.52. The molecule has 0 spiro atoms. The van der Waals surface area contributed by atoms with Crippen LogP contribution in [0, 0.1) is 5.92 Å². The van der Waals surface area contributed by atoms with E-state index in [0.29, 0.717) is 12.2 Å². The van der Waals surface area contributed by atoms with Gasteiger partial charge >= 0.3 is 11.9 Å². The lowest BCUT2D eigenvalue weighted by atomic mass is 10.1. The van der Waals surface area contributed by atoms with Gasteiger partial charge in [-0.05, 0) is 38.5 Å². The number of hydrogen-bond acceptors (Lipinski definition) is 5. The molecule has 0 bridgehead atoms. The molecule has 0 heterocycles. The van der Waals surface area contributed by atoms with Crippen LogP contribution in [0.2, 0.25) is 5.02 Å². The number of amides is 1. The van der Waals surface area contributed by atoms with Crippen LogP contribution in [0.25, 0.3) is 0 Å². The van der Waals surface area contributed by atoms with Gasteiger partial charge in [0.2, 0.25) is 5.91 Å². The lowest BCUT2D eigenvalue weighted by Gasteiger charge is -2.13. The minimum atomic E-state index is -0.988. The van der Waals surface area contributed by atoms with Gasteiger partial charge in [0.1, 0.15) is 5.92 Å². The van der Waals surface area contributed by atoms with Gasteiger partial charge in [0.05, 0.1) is 29.5 Å². The molecule has 180 valence electrons. The fourth-order valence-electron chi connectivity index (χ4n) is 3.20. The number of hydrogen-bond donors (Lipinski definition) is 1. The third kappa shape index (κ3) is 11.0. The van der Waals surface area contributed by atoms with Crippen LogP contribution in [0.15, 0.2) is 18.2 Å². The van der Waals surface area contributed by atoms with Gasteiger partial charge in [0.15, 0.2) is 0 Å². The first kappa shape index (κ1) is 28.0. The molecule has 0 radical (unpaired) electrons. The van der Waals surface area contributed by atoms with Crippen LogP contribution in [0.5, 0.6) is 0 Å². The molecular formula is C25H38ClNO5. The van der Waals surface area contributed by atoms with E-state index >= 15 is 0 Å². The average Bonchev–Trinajstić information content (AvgIpc) is 2.78. The van der Waals surface area contributed by atoms with Crippen LogP contribution >= 0.6 is 11.6 Å². The van der Waals surface area contributed by atoms with Gasteiger partial charge in [-0.25, -0.2) is 4.79 Å². The van der Waals surface area contributed by atoms with Gasteiger partial charge < -0.3 is 14.8 Å². The highest BCUT2D eigenvalue weighted by molar-refractivity contribution is 6.34. The summed E-state index contributed by atoms with van der Waals surface area (Å²) in [5.41, 5.74) is 0.543. The van der Waals surface area contributed by atoms with Gasteiger partial charge in [-0.1, -0.05) is 76.3 Å². The summed E-state index contributed by atoms with van der Waals surface area (Å²) in [6.45, 7) is 5.90. The number of rotatable bonds is 16. The van der Waals surface area contributed by atoms with Crippen molar-refractivity contribution in [2.75, 3.05) is 18.5 Å². The largest absolute Gasteiger partial charge is 0.465 e. The second-order valence-corrected chi connectivity index (χ2v) is 8.38. The summed E-state index contributed by atoms with van der Waals surface area (Å²) < 4.78 is 10.2. The normalized spacial score (nSPS) is 11.6. The number of unbranched alkanes of at least 4 members (excludes halogenated alkanes) is 9. The zero-order chi connectivity index (χ0) is 23.8. The van der Waals surface area contributed by atoms with Crippen molar-refractivity contribution in [3.8, 4) is 0 Å². The molecule has 0 aromatic heterocycles. The Morgan fingerprint density at radius 2 is 1.50 bits per heavy atom. The summed E-state index contributed by atoms with van der Waals surface area (Å²) in [4.78, 5) is 36.3. The third-order valence-electron chi connectivity index (χ3n) is 5.22. The number of esters is 2. The summed E-state index contributed by atoms with van der Waals surface area (Å²) in [7, 11) is 0. The van der Waals surface area contributed by atoms with Gasteiger partial charge in [-0.3, -0.25) is 9.59 Å². The molecule has 1 aromatic rings. The number of anilines is 1. The number of ether oxygens (including phenoxy) is 2. The Balaban J connectivity index is 2.37. The smallest absolute Gasteiger partial charge is 0.338 e. The fraction of sp³-hybridized carbons (Fsp3) is 0.640. The second-order valence-electron chi connectivity index (χ2n) is 7.98. The van der Waals surface area contributed by atoms with Crippen molar-refractivity contribution in [2.24, 2.45) is 5.92 Å². The summed E-state index contributed by atoms with van der Waals surface area (Å²) in [5, 5.41) is 2.84. The van der Waals surface area contributed by atoms with E-state index in [2.05, 4.69) is 12.2 Å². The standard InChI is InChI=1S/C25H38ClNO5/c1-4-6-7-8-9-10-11-12-13-14-17-32-25(30)20-15-16-21(26)22(18-20)27-23(28)19(3)24(29)31-5-2/h15-16,18-19H,4-14,17H2,1-3H3,(H,27,28). The highest BCUT2D eigenvalue weighted by Crippen LogP contribution is 2.24. The van der Waals surface area contributed by atoms with Crippen molar-refractivity contribution in [3.63, 3.8) is 0 Å². The number of nitrogens with one attached hydrogen (secondary N) is 1. The molecule has 0 saturated heterocycles. The first-order chi connectivity index (χ1) is 15.4. The van der Waals surface area contributed by atoms with E-state index in [1.807, 2.05) is 0 Å². The lowest BCUT2D eigenvalue weighted by molar-refractivity contribution is -0.150. The predicted molar refractivity (Wildman–Crippen MR) is 128 cm³/mol. The van der Waals surface area contributed by atoms with Crippen molar-refractivity contribution >= 4 is 35.1 Å². The van der Waals surface area contributed by atoms with Gasteiger partial charge in [0.25, 0.3) is 0 Å². The molecule has 1 aromatic carbocycles. The van der Waals surface area contributed by atoms with Crippen LogP contribution in [-0.4, -0.2) is 31.1 Å². The highest BCUT2D eigenvalue weighted by atomic mass is 35.5. The molecule has 0 aliphatic heterocycles. The first-order valence-electron chi connectivity index (χ1n) is 11.8. The van der Waals surface area contributed by atoms with Crippen LogP contribution in [-0.2, 0) is 19.1 Å². The number of benzene rings is 1. The molecule has 7 heteroatoms. The van der Waals surface area contributed by atoms with E-state index in [1.165, 1.54) is 64.0 Å². The first-order valence-corrected chi connectivity index (χ1v) is 12.2. The Morgan fingerprint density at radius 3 is 2.09 bits per heavy atom. The molecule has 1 rings (SSSR count). The monoisotopic (exact) mass is 467 g/mol. The SMILES string of the molecule is CCCCCCCCCCCCOC(=O)c1ccc(Cl)c(NC(=O)C(C)C(=O)OCC)c1. The maximum Gasteiger partial charge on any atom is 0.338 e. The van der Waals surface area contributed by atoms with E-state index < -0.39 is 23.8 Å². The minimum Gasteiger partial charge on any atom is -0.465 e. The Morgan fingerprint density at radius 1 is 0.906 bits per heavy atom. The van der Waals surface area contributed by atoms with Crippen LogP contribution in [0.4, 0.5) is 5.69 Å². The molecule has 1 N–H and O–H groups in total. The Hall–Kier alpha value is -2.08. The van der Waals surface area contributed by atoms with Gasteiger partial charge in [0, 0.05) is 0 Å². The summed E-state index contributed by atoms with van der Waals surface area (Å²) >= 11 is 6.13. The Kier molecular flexibility index (Phi) is 14.4. The number of carbonyl (C=O) groups is 3. The van der Waals surface area contributed by atoms with E-state index in [9.17, 15) is 14.4 Å².